The molecule has 3 rings (SSSR count). The van der Waals surface area contributed by atoms with E-state index < -0.39 is 27.9 Å². The number of carbonyl (C=O) groups is 2. The molecule has 2 heterocycles. The van der Waals surface area contributed by atoms with Gasteiger partial charge in [-0.25, -0.2) is 14.3 Å². The fourth-order valence-electron chi connectivity index (χ4n) is 3.90. The number of nitrogens with one attached hydrogen (secondary N) is 1. The van der Waals surface area contributed by atoms with Crippen LogP contribution in [-0.2, 0) is 11.3 Å². The highest BCUT2D eigenvalue weighted by Gasteiger charge is 2.56. The van der Waals surface area contributed by atoms with Gasteiger partial charge in [0.15, 0.2) is 6.10 Å². The first-order valence-corrected chi connectivity index (χ1v) is 10.4. The van der Waals surface area contributed by atoms with Crippen molar-refractivity contribution in [1.82, 2.24) is 25.5 Å². The summed E-state index contributed by atoms with van der Waals surface area (Å²) in [5.41, 5.74) is 0.717. The molecule has 1 aliphatic heterocycles. The number of halogens is 1. The standard InChI is InChI=1S/C20H27ClN6O3/c1-13-6-5-9-27(13,18(29)17(28)20(2,3)4)19(30)22-11-14-10-15(21)7-8-16(14)26-12-23-24-25-26/h7-8,10,12-13,17,28H,5-6,9,11H2,1-4H3/p+1/t13-,17+,27?/m1/s1. The second-order valence-electron chi connectivity index (χ2n) is 8.88. The van der Waals surface area contributed by atoms with Crippen molar-refractivity contribution in [3.05, 3.63) is 35.1 Å². The normalized spacial score (nSPS) is 22.7. The molecule has 30 heavy (non-hydrogen) atoms. The molecule has 0 spiro atoms. The van der Waals surface area contributed by atoms with Gasteiger partial charge in [0.1, 0.15) is 12.4 Å². The van der Waals surface area contributed by atoms with Crippen molar-refractivity contribution in [2.75, 3.05) is 6.54 Å². The Balaban J connectivity index is 1.87. The highest BCUT2D eigenvalue weighted by molar-refractivity contribution is 6.30. The van der Waals surface area contributed by atoms with E-state index in [4.69, 9.17) is 11.6 Å². The fraction of sp³-hybridized carbons (Fsp3) is 0.550. The number of quaternary nitrogens is 1. The molecule has 1 saturated heterocycles. The van der Waals surface area contributed by atoms with E-state index in [2.05, 4.69) is 20.8 Å². The number of rotatable bonds is 4. The predicted molar refractivity (Wildman–Crippen MR) is 111 cm³/mol. The van der Waals surface area contributed by atoms with Crippen LogP contribution in [0, 0.1) is 5.41 Å². The number of aromatic nitrogens is 4. The van der Waals surface area contributed by atoms with Crippen LogP contribution in [0.25, 0.3) is 5.69 Å². The molecule has 9 nitrogen and oxygen atoms in total. The summed E-state index contributed by atoms with van der Waals surface area (Å²) in [7, 11) is 0. The van der Waals surface area contributed by atoms with E-state index in [0.29, 0.717) is 22.8 Å². The number of urea groups is 1. The Labute approximate surface area is 180 Å². The first-order chi connectivity index (χ1) is 14.1. The summed E-state index contributed by atoms with van der Waals surface area (Å²) < 4.78 is 1.08. The lowest BCUT2D eigenvalue weighted by molar-refractivity contribution is -0.787. The molecule has 0 radical (unpaired) electrons. The molecule has 0 saturated carbocycles. The van der Waals surface area contributed by atoms with Crippen molar-refractivity contribution in [1.29, 1.82) is 0 Å². The third-order valence-corrected chi connectivity index (χ3v) is 6.00. The minimum Gasteiger partial charge on any atom is -0.379 e. The maximum absolute atomic E-state index is 13.4. The van der Waals surface area contributed by atoms with E-state index in [1.165, 1.54) is 11.0 Å². The summed E-state index contributed by atoms with van der Waals surface area (Å²) in [5, 5.41) is 25.2. The Hall–Kier alpha value is -2.36. The van der Waals surface area contributed by atoms with Crippen molar-refractivity contribution in [3.63, 3.8) is 0 Å². The van der Waals surface area contributed by atoms with Crippen LogP contribution < -0.4 is 5.32 Å². The molecule has 2 aromatic rings. The molecule has 10 heteroatoms. The van der Waals surface area contributed by atoms with E-state index in [9.17, 15) is 14.7 Å². The third kappa shape index (κ3) is 4.10. The summed E-state index contributed by atoms with van der Waals surface area (Å²) >= 11 is 6.15. The van der Waals surface area contributed by atoms with Gasteiger partial charge in [0.25, 0.3) is 0 Å². The van der Waals surface area contributed by atoms with Crippen LogP contribution in [0.1, 0.15) is 46.1 Å². The Kier molecular flexibility index (Phi) is 6.26. The van der Waals surface area contributed by atoms with Crippen molar-refractivity contribution < 1.29 is 19.2 Å². The fourth-order valence-corrected chi connectivity index (χ4v) is 4.09. The minimum absolute atomic E-state index is 0.139. The van der Waals surface area contributed by atoms with Gasteiger partial charge in [-0.3, -0.25) is 0 Å². The van der Waals surface area contributed by atoms with Gasteiger partial charge in [0.05, 0.1) is 18.8 Å². The van der Waals surface area contributed by atoms with Crippen molar-refractivity contribution in [2.24, 2.45) is 5.41 Å². The van der Waals surface area contributed by atoms with Gasteiger partial charge >= 0.3 is 11.9 Å². The summed E-state index contributed by atoms with van der Waals surface area (Å²) in [5.74, 6) is -0.461. The van der Waals surface area contributed by atoms with Gasteiger partial charge in [-0.05, 0) is 41.1 Å². The molecule has 1 unspecified atom stereocenters. The quantitative estimate of drug-likeness (QED) is 0.714. The molecule has 3 atom stereocenters. The van der Waals surface area contributed by atoms with E-state index in [-0.39, 0.29) is 12.6 Å². The van der Waals surface area contributed by atoms with E-state index in [1.54, 1.807) is 39.0 Å². The highest BCUT2D eigenvalue weighted by Crippen LogP contribution is 2.33. The Morgan fingerprint density at radius 3 is 2.70 bits per heavy atom. The first-order valence-electron chi connectivity index (χ1n) is 9.98. The lowest BCUT2D eigenvalue weighted by atomic mass is 9.87. The Morgan fingerprint density at radius 1 is 1.40 bits per heavy atom. The summed E-state index contributed by atoms with van der Waals surface area (Å²) in [6, 6.07) is 4.56. The topological polar surface area (TPSA) is 110 Å². The number of amides is 3. The van der Waals surface area contributed by atoms with Crippen LogP contribution in [0.5, 0.6) is 0 Å². The lowest BCUT2D eigenvalue weighted by Crippen LogP contribution is -2.66. The number of hydrogen-bond donors (Lipinski definition) is 2. The molecular weight excluding hydrogens is 408 g/mol. The molecule has 1 aromatic heterocycles. The lowest BCUT2D eigenvalue weighted by Gasteiger charge is -2.37. The van der Waals surface area contributed by atoms with Crippen molar-refractivity contribution in [3.8, 4) is 5.69 Å². The zero-order valence-corrected chi connectivity index (χ0v) is 18.4. The van der Waals surface area contributed by atoms with Crippen LogP contribution in [0.4, 0.5) is 4.79 Å². The number of tetrazole rings is 1. The molecule has 162 valence electrons. The van der Waals surface area contributed by atoms with E-state index in [0.717, 1.165) is 12.8 Å². The average Bonchev–Trinajstić information content (AvgIpc) is 3.34. The van der Waals surface area contributed by atoms with Gasteiger partial charge in [0.2, 0.25) is 0 Å². The molecule has 1 aromatic carbocycles. The molecule has 3 amide bonds. The number of aliphatic hydroxyl groups is 1. The maximum atomic E-state index is 13.4. The molecule has 0 bridgehead atoms. The van der Waals surface area contributed by atoms with Crippen LogP contribution in [0.15, 0.2) is 24.5 Å². The van der Waals surface area contributed by atoms with Gasteiger partial charge in [0, 0.05) is 23.3 Å². The average molecular weight is 436 g/mol. The molecule has 2 N–H and O–H groups in total. The number of hydrogen-bond acceptors (Lipinski definition) is 6. The van der Waals surface area contributed by atoms with Crippen molar-refractivity contribution in [2.45, 2.75) is 59.2 Å². The number of imide groups is 1. The van der Waals surface area contributed by atoms with Gasteiger partial charge in [-0.1, -0.05) is 32.4 Å². The summed E-state index contributed by atoms with van der Waals surface area (Å²) in [6.07, 6.45) is 1.69. The first kappa shape index (κ1) is 22.3. The monoisotopic (exact) mass is 435 g/mol. The number of benzene rings is 1. The largest absolute Gasteiger partial charge is 0.424 e. The number of aliphatic hydroxyl groups excluding tert-OH is 1. The molecular formula is C20H28ClN6O3+. The van der Waals surface area contributed by atoms with Crippen LogP contribution >= 0.6 is 11.6 Å². The smallest absolute Gasteiger partial charge is 0.379 e. The predicted octanol–water partition coefficient (Wildman–Crippen LogP) is 2.46. The van der Waals surface area contributed by atoms with Gasteiger partial charge in [-0.15, -0.1) is 5.10 Å². The van der Waals surface area contributed by atoms with Crippen LogP contribution in [-0.4, -0.2) is 60.4 Å². The summed E-state index contributed by atoms with van der Waals surface area (Å²) in [6.45, 7) is 7.75. The second-order valence-corrected chi connectivity index (χ2v) is 9.31. The molecule has 1 aliphatic rings. The number of likely N-dealkylation sites (tertiary alicyclic amines) is 1. The van der Waals surface area contributed by atoms with E-state index >= 15 is 0 Å². The van der Waals surface area contributed by atoms with Gasteiger partial charge < -0.3 is 10.4 Å². The SMILES string of the molecule is C[C@@H]1CCC[N+]1(C(=O)NCc1cc(Cl)ccc1-n1cnnn1)C(=O)[C@H](O)C(C)(C)C. The highest BCUT2D eigenvalue weighted by atomic mass is 35.5. The zero-order chi connectivity index (χ0) is 22.1. The molecule has 1 fully saturated rings. The third-order valence-electron chi connectivity index (χ3n) is 5.76. The Morgan fingerprint density at radius 2 is 2.13 bits per heavy atom. The maximum Gasteiger partial charge on any atom is 0.424 e. The summed E-state index contributed by atoms with van der Waals surface area (Å²) in [4.78, 5) is 26.7. The number of nitrogens with zero attached hydrogens (tertiary/aromatic N) is 5. The second kappa shape index (κ2) is 8.41. The van der Waals surface area contributed by atoms with Crippen LogP contribution in [0.3, 0.4) is 0 Å². The van der Waals surface area contributed by atoms with Crippen LogP contribution in [0.2, 0.25) is 5.02 Å². The zero-order valence-electron chi connectivity index (χ0n) is 17.7. The minimum atomic E-state index is -1.24. The van der Waals surface area contributed by atoms with Crippen molar-refractivity contribution >= 4 is 23.5 Å². The van der Waals surface area contributed by atoms with Gasteiger partial charge in [-0.2, -0.15) is 4.48 Å². The number of carbonyl (C=O) groups excluding carboxylic acids is 2. The molecule has 0 aliphatic carbocycles. The van der Waals surface area contributed by atoms with E-state index in [1.807, 2.05) is 6.92 Å². The Bertz CT molecular complexity index is 927.